The van der Waals surface area contributed by atoms with Crippen LogP contribution in [0.5, 0.6) is 0 Å². The van der Waals surface area contributed by atoms with Crippen LogP contribution in [-0.4, -0.2) is 36.4 Å². The van der Waals surface area contributed by atoms with Crippen molar-refractivity contribution in [3.05, 3.63) is 29.3 Å². The van der Waals surface area contributed by atoms with Crippen molar-refractivity contribution in [1.29, 1.82) is 0 Å². The van der Waals surface area contributed by atoms with E-state index in [0.29, 0.717) is 23.3 Å². The molecule has 1 amide bonds. The number of hydrogen-bond acceptors (Lipinski definition) is 5. The van der Waals surface area contributed by atoms with Crippen molar-refractivity contribution in [2.45, 2.75) is 19.3 Å². The first-order valence-electron chi connectivity index (χ1n) is 7.59. The second-order valence-corrected chi connectivity index (χ2v) is 6.90. The maximum Gasteiger partial charge on any atom is 0.232 e. The summed E-state index contributed by atoms with van der Waals surface area (Å²) >= 11 is 7.33. The van der Waals surface area contributed by atoms with Gasteiger partial charge >= 0.3 is 0 Å². The lowest BCUT2D eigenvalue weighted by molar-refractivity contribution is -0.124. The van der Waals surface area contributed by atoms with Gasteiger partial charge < -0.3 is 4.74 Å². The van der Waals surface area contributed by atoms with E-state index in [0.717, 1.165) is 29.8 Å². The van der Waals surface area contributed by atoms with Gasteiger partial charge in [0.15, 0.2) is 0 Å². The third-order valence-electron chi connectivity index (χ3n) is 3.98. The van der Waals surface area contributed by atoms with Gasteiger partial charge in [-0.25, -0.2) is 0 Å². The van der Waals surface area contributed by atoms with Crippen LogP contribution >= 0.6 is 22.9 Å². The highest BCUT2D eigenvalue weighted by Gasteiger charge is 2.31. The number of nitrogens with zero attached hydrogens (tertiary/aromatic N) is 3. The number of rotatable bonds is 6. The van der Waals surface area contributed by atoms with Gasteiger partial charge in [0, 0.05) is 23.6 Å². The molecule has 0 radical (unpaired) electrons. The predicted octanol–water partition coefficient (Wildman–Crippen LogP) is 3.64. The highest BCUT2D eigenvalue weighted by Crippen LogP contribution is 2.33. The third kappa shape index (κ3) is 3.71. The quantitative estimate of drug-likeness (QED) is 0.797. The Morgan fingerprint density at radius 3 is 2.70 bits per heavy atom. The predicted molar refractivity (Wildman–Crippen MR) is 91.9 cm³/mol. The van der Waals surface area contributed by atoms with Gasteiger partial charge in [0.1, 0.15) is 5.01 Å². The summed E-state index contributed by atoms with van der Waals surface area (Å²) < 4.78 is 5.13. The monoisotopic (exact) mass is 351 g/mol. The van der Waals surface area contributed by atoms with Crippen LogP contribution in [0.3, 0.4) is 0 Å². The van der Waals surface area contributed by atoms with E-state index in [1.165, 1.54) is 11.3 Å². The zero-order valence-corrected chi connectivity index (χ0v) is 14.4. The van der Waals surface area contributed by atoms with E-state index >= 15 is 0 Å². The van der Waals surface area contributed by atoms with Crippen LogP contribution in [0.2, 0.25) is 5.02 Å². The van der Waals surface area contributed by atoms with Crippen LogP contribution in [0.25, 0.3) is 10.6 Å². The van der Waals surface area contributed by atoms with E-state index in [1.54, 1.807) is 12.0 Å². The minimum absolute atomic E-state index is 0.120. The van der Waals surface area contributed by atoms with Gasteiger partial charge in [-0.05, 0) is 25.0 Å². The molecule has 0 N–H and O–H groups in total. The molecule has 7 heteroatoms. The molecule has 1 aromatic carbocycles. The van der Waals surface area contributed by atoms with Crippen molar-refractivity contribution in [2.24, 2.45) is 5.92 Å². The first kappa shape index (κ1) is 16.4. The Kier molecular flexibility index (Phi) is 5.25. The molecule has 1 aliphatic carbocycles. The fourth-order valence-electron chi connectivity index (χ4n) is 2.39. The summed E-state index contributed by atoms with van der Waals surface area (Å²) in [5.74, 6) is 0.252. The minimum Gasteiger partial charge on any atom is -0.383 e. The van der Waals surface area contributed by atoms with Crippen LogP contribution in [0, 0.1) is 5.92 Å². The number of carbonyl (C=O) groups is 1. The van der Waals surface area contributed by atoms with Crippen LogP contribution in [0.15, 0.2) is 24.3 Å². The van der Waals surface area contributed by atoms with Gasteiger partial charge in [-0.3, -0.25) is 9.69 Å². The summed E-state index contributed by atoms with van der Waals surface area (Å²) in [7, 11) is 1.63. The van der Waals surface area contributed by atoms with Crippen LogP contribution in [0.1, 0.15) is 19.3 Å². The molecule has 5 nitrogen and oxygen atoms in total. The number of aromatic nitrogens is 2. The van der Waals surface area contributed by atoms with Gasteiger partial charge in [-0.15, -0.1) is 10.2 Å². The van der Waals surface area contributed by atoms with Gasteiger partial charge in [0.05, 0.1) is 13.2 Å². The number of benzene rings is 1. The lowest BCUT2D eigenvalue weighted by atomic mass is 9.84. The van der Waals surface area contributed by atoms with E-state index in [-0.39, 0.29) is 11.8 Å². The number of amides is 1. The molecule has 1 aliphatic rings. The smallest absolute Gasteiger partial charge is 0.232 e. The van der Waals surface area contributed by atoms with Crippen molar-refractivity contribution in [1.82, 2.24) is 10.2 Å². The van der Waals surface area contributed by atoms with E-state index in [1.807, 2.05) is 24.3 Å². The van der Waals surface area contributed by atoms with E-state index < -0.39 is 0 Å². The molecule has 0 saturated heterocycles. The van der Waals surface area contributed by atoms with Crippen LogP contribution in [-0.2, 0) is 9.53 Å². The largest absolute Gasteiger partial charge is 0.383 e. The standard InChI is InChI=1S/C16H18ClN3O2S/c1-22-10-9-20(15(21)12-3-2-4-12)16-19-18-14(23-16)11-5-7-13(17)8-6-11/h5-8,12H,2-4,9-10H2,1H3. The molecule has 0 aliphatic heterocycles. The molecule has 0 bridgehead atoms. The van der Waals surface area contributed by atoms with Crippen molar-refractivity contribution in [3.8, 4) is 10.6 Å². The highest BCUT2D eigenvalue weighted by molar-refractivity contribution is 7.18. The lowest BCUT2D eigenvalue weighted by Gasteiger charge is -2.29. The Balaban J connectivity index is 1.81. The third-order valence-corrected chi connectivity index (χ3v) is 5.22. The topological polar surface area (TPSA) is 55.3 Å². The van der Waals surface area contributed by atoms with Gasteiger partial charge in [0.2, 0.25) is 11.0 Å². The molecule has 3 rings (SSSR count). The molecule has 2 aromatic rings. The van der Waals surface area contributed by atoms with E-state index in [9.17, 15) is 4.79 Å². The van der Waals surface area contributed by atoms with Gasteiger partial charge in [-0.2, -0.15) is 0 Å². The first-order chi connectivity index (χ1) is 11.2. The second-order valence-electron chi connectivity index (χ2n) is 5.51. The summed E-state index contributed by atoms with van der Waals surface area (Å²) in [6, 6.07) is 7.44. The molecule has 0 atom stereocenters. The molecule has 1 fully saturated rings. The molecular weight excluding hydrogens is 334 g/mol. The Bertz CT molecular complexity index is 670. The SMILES string of the molecule is COCCN(C(=O)C1CCC1)c1nnc(-c2ccc(Cl)cc2)s1. The normalized spacial score (nSPS) is 14.5. The summed E-state index contributed by atoms with van der Waals surface area (Å²) in [5.41, 5.74) is 0.945. The average Bonchev–Trinajstić information content (AvgIpc) is 2.96. The van der Waals surface area contributed by atoms with E-state index in [4.69, 9.17) is 16.3 Å². The van der Waals surface area contributed by atoms with E-state index in [2.05, 4.69) is 10.2 Å². The maximum atomic E-state index is 12.6. The number of ether oxygens (including phenoxy) is 1. The number of methoxy groups -OCH3 is 1. The first-order valence-corrected chi connectivity index (χ1v) is 8.78. The highest BCUT2D eigenvalue weighted by atomic mass is 35.5. The maximum absolute atomic E-state index is 12.6. The van der Waals surface area contributed by atoms with Gasteiger partial charge in [0.25, 0.3) is 0 Å². The zero-order chi connectivity index (χ0) is 16.2. The molecule has 0 spiro atoms. The summed E-state index contributed by atoms with van der Waals surface area (Å²) in [4.78, 5) is 14.3. The number of anilines is 1. The number of carbonyl (C=O) groups excluding carboxylic acids is 1. The number of halogens is 1. The molecule has 0 unspecified atom stereocenters. The Labute approximate surface area is 144 Å². The molecule has 1 heterocycles. The Morgan fingerprint density at radius 2 is 2.09 bits per heavy atom. The molecule has 23 heavy (non-hydrogen) atoms. The van der Waals surface area contributed by atoms with Crippen molar-refractivity contribution < 1.29 is 9.53 Å². The average molecular weight is 352 g/mol. The van der Waals surface area contributed by atoms with Crippen molar-refractivity contribution in [3.63, 3.8) is 0 Å². The zero-order valence-electron chi connectivity index (χ0n) is 12.9. The minimum atomic E-state index is 0.120. The summed E-state index contributed by atoms with van der Waals surface area (Å²) in [6.45, 7) is 0.982. The molecule has 1 aromatic heterocycles. The van der Waals surface area contributed by atoms with Gasteiger partial charge in [-0.1, -0.05) is 41.5 Å². The second kappa shape index (κ2) is 7.38. The van der Waals surface area contributed by atoms with Crippen LogP contribution in [0.4, 0.5) is 5.13 Å². The summed E-state index contributed by atoms with van der Waals surface area (Å²) in [5, 5.41) is 10.5. The van der Waals surface area contributed by atoms with Crippen molar-refractivity contribution in [2.75, 3.05) is 25.2 Å². The van der Waals surface area contributed by atoms with Crippen molar-refractivity contribution >= 4 is 34.0 Å². The molecular formula is C16H18ClN3O2S. The fourth-order valence-corrected chi connectivity index (χ4v) is 3.40. The Hall–Kier alpha value is -1.50. The fraction of sp³-hybridized carbons (Fsp3) is 0.438. The number of hydrogen-bond donors (Lipinski definition) is 0. The molecule has 122 valence electrons. The Morgan fingerprint density at radius 1 is 1.35 bits per heavy atom. The lowest BCUT2D eigenvalue weighted by Crippen LogP contribution is -2.40. The summed E-state index contributed by atoms with van der Waals surface area (Å²) in [6.07, 6.45) is 3.05. The molecule has 1 saturated carbocycles. The van der Waals surface area contributed by atoms with Crippen LogP contribution < -0.4 is 4.90 Å².